The van der Waals surface area contributed by atoms with Gasteiger partial charge in [-0.2, -0.15) is 0 Å². The molecule has 1 heterocycles. The molecule has 178 valence electrons. The minimum absolute atomic E-state index is 0.0760. The van der Waals surface area contributed by atoms with Crippen LogP contribution in [-0.2, 0) is 13.8 Å². The molecule has 7 nitrogen and oxygen atoms in total. The third kappa shape index (κ3) is 7.03. The molecule has 1 saturated heterocycles. The van der Waals surface area contributed by atoms with Gasteiger partial charge in [0.2, 0.25) is 0 Å². The summed E-state index contributed by atoms with van der Waals surface area (Å²) in [6.07, 6.45) is -1.20. The van der Waals surface area contributed by atoms with E-state index in [9.17, 15) is 22.4 Å². The highest BCUT2D eigenvalue weighted by Gasteiger charge is 2.32. The first-order valence-electron chi connectivity index (χ1n) is 10.2. The third-order valence-electron chi connectivity index (χ3n) is 4.84. The van der Waals surface area contributed by atoms with Gasteiger partial charge in [0.1, 0.15) is 11.9 Å². The van der Waals surface area contributed by atoms with E-state index in [0.717, 1.165) is 0 Å². The minimum atomic E-state index is -3.85. The van der Waals surface area contributed by atoms with Crippen molar-refractivity contribution in [3.63, 3.8) is 0 Å². The summed E-state index contributed by atoms with van der Waals surface area (Å²) in [7, 11) is 1.41. The van der Waals surface area contributed by atoms with E-state index in [-0.39, 0.29) is 23.5 Å². The number of hydrogen-bond acceptors (Lipinski definition) is 5. The number of benzene rings is 3. The quantitative estimate of drug-likeness (QED) is 0.516. The molecule has 3 aromatic rings. The smallest absolute Gasteiger partial charge is 0.414 e. The fraction of sp³-hybridized carbons (Fsp3) is 0.167. The Morgan fingerprint density at radius 1 is 1.06 bits per heavy atom. The lowest BCUT2D eigenvalue weighted by Crippen LogP contribution is -2.34. The summed E-state index contributed by atoms with van der Waals surface area (Å²) in [6.45, 7) is 2.34. The van der Waals surface area contributed by atoms with Crippen LogP contribution < -0.4 is 10.2 Å². The molecule has 1 aliphatic heterocycles. The monoisotopic (exact) mass is 504 g/mol. The number of amides is 2. The van der Waals surface area contributed by atoms with E-state index >= 15 is 0 Å². The summed E-state index contributed by atoms with van der Waals surface area (Å²) in [5.41, 5.74) is 2.05. The van der Waals surface area contributed by atoms with Gasteiger partial charge in [-0.15, -0.1) is 0 Å². The van der Waals surface area contributed by atoms with Gasteiger partial charge < -0.3 is 10.1 Å². The van der Waals surface area contributed by atoms with Crippen molar-refractivity contribution in [2.24, 2.45) is 0 Å². The van der Waals surface area contributed by atoms with Crippen LogP contribution in [0.4, 0.5) is 14.9 Å². The molecule has 4 rings (SSSR count). The maximum absolute atomic E-state index is 12.9. The topological polar surface area (TPSA) is 92.8 Å². The Hall–Kier alpha value is -3.43. The predicted molar refractivity (Wildman–Crippen MR) is 127 cm³/mol. The van der Waals surface area contributed by atoms with Crippen LogP contribution in [0.2, 0.25) is 0 Å². The van der Waals surface area contributed by atoms with Crippen LogP contribution in [0.1, 0.15) is 15.9 Å². The summed E-state index contributed by atoms with van der Waals surface area (Å²) in [6, 6.07) is 20.8. The van der Waals surface area contributed by atoms with Crippen LogP contribution in [-0.4, -0.2) is 39.6 Å². The Morgan fingerprint density at radius 2 is 1.68 bits per heavy atom. The van der Waals surface area contributed by atoms with Gasteiger partial charge in [0.05, 0.1) is 18.0 Å². The first-order chi connectivity index (χ1) is 16.1. The molecule has 1 unspecified atom stereocenters. The minimum Gasteiger partial charge on any atom is -0.442 e. The molecule has 1 fully saturated rings. The van der Waals surface area contributed by atoms with Crippen molar-refractivity contribution in [2.75, 3.05) is 18.0 Å². The number of halogens is 2. The van der Waals surface area contributed by atoms with E-state index < -0.39 is 33.0 Å². The average molecular weight is 505 g/mol. The Balaban J connectivity index is 0.000000396. The predicted octanol–water partition coefficient (Wildman–Crippen LogP) is 4.50. The van der Waals surface area contributed by atoms with Crippen molar-refractivity contribution in [3.8, 4) is 0 Å². The first kappa shape index (κ1) is 25.2. The summed E-state index contributed by atoms with van der Waals surface area (Å²) in [4.78, 5) is 25.3. The number of nitrogens with one attached hydrogen (secondary N) is 1. The number of anilines is 1. The molecule has 2 amide bonds. The number of carbonyl (C=O) groups excluding carboxylic acids is 2. The fourth-order valence-electron chi connectivity index (χ4n) is 3.07. The highest BCUT2D eigenvalue weighted by atomic mass is 35.7. The molecule has 0 spiro atoms. The maximum Gasteiger partial charge on any atom is 0.414 e. The van der Waals surface area contributed by atoms with Crippen molar-refractivity contribution in [1.82, 2.24) is 5.32 Å². The zero-order valence-electron chi connectivity index (χ0n) is 18.1. The SMILES string of the molecule is Cc1ccccc1.O=C(NCC1CN(c2ccc(S(=O)(=O)Cl)cc2)C(=O)O1)c1ccc(F)cc1. The lowest BCUT2D eigenvalue weighted by atomic mass is 10.2. The Labute approximate surface area is 201 Å². The maximum atomic E-state index is 12.9. The molecule has 0 bridgehead atoms. The van der Waals surface area contributed by atoms with Gasteiger partial charge in [-0.25, -0.2) is 17.6 Å². The van der Waals surface area contributed by atoms with E-state index in [0.29, 0.717) is 5.69 Å². The Morgan fingerprint density at radius 3 is 2.21 bits per heavy atom. The van der Waals surface area contributed by atoms with Crippen LogP contribution in [0, 0.1) is 12.7 Å². The van der Waals surface area contributed by atoms with Crippen LogP contribution >= 0.6 is 10.7 Å². The van der Waals surface area contributed by atoms with Crippen molar-refractivity contribution in [3.05, 3.63) is 95.8 Å². The Bertz CT molecular complexity index is 1240. The zero-order valence-corrected chi connectivity index (χ0v) is 19.7. The van der Waals surface area contributed by atoms with Gasteiger partial charge in [-0.05, 0) is 55.5 Å². The lowest BCUT2D eigenvalue weighted by molar-refractivity contribution is 0.0916. The van der Waals surface area contributed by atoms with E-state index in [4.69, 9.17) is 15.4 Å². The molecule has 0 saturated carbocycles. The van der Waals surface area contributed by atoms with E-state index in [2.05, 4.69) is 24.4 Å². The third-order valence-corrected chi connectivity index (χ3v) is 6.21. The summed E-state index contributed by atoms with van der Waals surface area (Å²) in [5.74, 6) is -0.860. The standard InChI is InChI=1S/C17H14ClFN2O5S.C7H8/c18-27(24,25)15-7-5-13(6-8-15)21-10-14(26-17(21)23)9-20-16(22)11-1-3-12(19)4-2-11;1-7-5-3-2-4-6-7/h1-8,14H,9-10H2,(H,20,22);2-6H,1H3. The summed E-state index contributed by atoms with van der Waals surface area (Å²) in [5, 5.41) is 2.62. The highest BCUT2D eigenvalue weighted by Crippen LogP contribution is 2.24. The number of hydrogen-bond donors (Lipinski definition) is 1. The number of nitrogens with zero attached hydrogens (tertiary/aromatic N) is 1. The highest BCUT2D eigenvalue weighted by molar-refractivity contribution is 8.13. The van der Waals surface area contributed by atoms with Crippen molar-refractivity contribution in [1.29, 1.82) is 0 Å². The Kier molecular flexibility index (Phi) is 8.25. The van der Waals surface area contributed by atoms with Gasteiger partial charge in [0, 0.05) is 21.9 Å². The fourth-order valence-corrected chi connectivity index (χ4v) is 3.84. The summed E-state index contributed by atoms with van der Waals surface area (Å²) >= 11 is 0. The molecule has 10 heteroatoms. The molecule has 0 aliphatic carbocycles. The molecular weight excluding hydrogens is 483 g/mol. The van der Waals surface area contributed by atoms with Crippen LogP contribution in [0.5, 0.6) is 0 Å². The molecule has 1 N–H and O–H groups in total. The van der Waals surface area contributed by atoms with E-state index in [1.54, 1.807) is 0 Å². The molecule has 0 aromatic heterocycles. The van der Waals surface area contributed by atoms with Crippen molar-refractivity contribution >= 4 is 37.4 Å². The molecule has 1 aliphatic rings. The van der Waals surface area contributed by atoms with E-state index in [1.165, 1.54) is 59.0 Å². The second kappa shape index (κ2) is 11.1. The number of rotatable bonds is 5. The average Bonchev–Trinajstić information content (AvgIpc) is 3.19. The second-order valence-corrected chi connectivity index (χ2v) is 9.99. The van der Waals surface area contributed by atoms with Crippen LogP contribution in [0.25, 0.3) is 0 Å². The first-order valence-corrected chi connectivity index (χ1v) is 12.5. The van der Waals surface area contributed by atoms with Gasteiger partial charge in [0.25, 0.3) is 15.0 Å². The molecule has 1 atom stereocenters. The largest absolute Gasteiger partial charge is 0.442 e. The van der Waals surface area contributed by atoms with Gasteiger partial charge >= 0.3 is 6.09 Å². The van der Waals surface area contributed by atoms with Crippen LogP contribution in [0.3, 0.4) is 0 Å². The number of cyclic esters (lactones) is 1. The van der Waals surface area contributed by atoms with Crippen molar-refractivity contribution < 1.29 is 27.1 Å². The number of aryl methyl sites for hydroxylation is 1. The van der Waals surface area contributed by atoms with Gasteiger partial charge in [-0.3, -0.25) is 9.69 Å². The van der Waals surface area contributed by atoms with Crippen molar-refractivity contribution in [2.45, 2.75) is 17.9 Å². The number of ether oxygens (including phenoxy) is 1. The van der Waals surface area contributed by atoms with Crippen LogP contribution in [0.15, 0.2) is 83.8 Å². The van der Waals surface area contributed by atoms with Gasteiger partial charge in [0.15, 0.2) is 0 Å². The van der Waals surface area contributed by atoms with Gasteiger partial charge in [-0.1, -0.05) is 35.9 Å². The molecule has 0 radical (unpaired) electrons. The second-order valence-electron chi connectivity index (χ2n) is 7.42. The number of carbonyl (C=O) groups is 2. The van der Waals surface area contributed by atoms with E-state index in [1.807, 2.05) is 18.2 Å². The summed E-state index contributed by atoms with van der Waals surface area (Å²) < 4.78 is 40.6. The molecule has 3 aromatic carbocycles. The zero-order chi connectivity index (χ0) is 24.7. The normalized spacial score (nSPS) is 15.2. The molecule has 34 heavy (non-hydrogen) atoms. The molecular formula is C24H22ClFN2O5S. The lowest BCUT2D eigenvalue weighted by Gasteiger charge is -2.13.